The third kappa shape index (κ3) is 5.70. The molecule has 3 N–H and O–H groups in total. The van der Waals surface area contributed by atoms with E-state index in [4.69, 9.17) is 5.73 Å². The largest absolute Gasteiger partial charge is 0.355 e. The lowest BCUT2D eigenvalue weighted by Crippen LogP contribution is -2.43. The quantitative estimate of drug-likeness (QED) is 0.541. The number of likely N-dealkylation sites (tertiary alicyclic amines) is 1. The van der Waals surface area contributed by atoms with Crippen LogP contribution >= 0.6 is 28.3 Å². The first kappa shape index (κ1) is 20.8. The van der Waals surface area contributed by atoms with E-state index < -0.39 is 4.92 Å². The van der Waals surface area contributed by atoms with Crippen molar-refractivity contribution in [3.63, 3.8) is 0 Å². The number of nitrogens with one attached hydrogen (secondary N) is 1. The van der Waals surface area contributed by atoms with Crippen LogP contribution in [0.4, 0.5) is 5.69 Å². The van der Waals surface area contributed by atoms with Gasteiger partial charge in [0, 0.05) is 32.2 Å². The van der Waals surface area contributed by atoms with Crippen molar-refractivity contribution in [1.82, 2.24) is 10.2 Å². The number of carbonyl (C=O) groups is 1. The number of carbonyl (C=O) groups excluding carboxylic acids is 1. The molecule has 1 aromatic carbocycles. The Bertz CT molecular complexity index is 588. The zero-order valence-electron chi connectivity index (χ0n) is 13.2. The number of piperidine rings is 1. The molecule has 1 aliphatic heterocycles. The molecule has 24 heavy (non-hydrogen) atoms. The number of hydrogen-bond acceptors (Lipinski definition) is 5. The average Bonchev–Trinajstić information content (AvgIpc) is 2.54. The third-order valence-electron chi connectivity index (χ3n) is 3.93. The SMILES string of the molecule is Cl.NCCNC(=O)C1CCCN(Cc2ccc(Br)c([N+](=O)[O-])c2)C1. The summed E-state index contributed by atoms with van der Waals surface area (Å²) in [5.41, 5.74) is 6.35. The van der Waals surface area contributed by atoms with Crippen molar-refractivity contribution in [2.24, 2.45) is 11.7 Å². The van der Waals surface area contributed by atoms with Crippen molar-refractivity contribution < 1.29 is 9.72 Å². The van der Waals surface area contributed by atoms with Crippen LogP contribution in [-0.2, 0) is 11.3 Å². The number of hydrogen-bond donors (Lipinski definition) is 2. The van der Waals surface area contributed by atoms with Gasteiger partial charge >= 0.3 is 0 Å². The van der Waals surface area contributed by atoms with Crippen LogP contribution in [0.25, 0.3) is 0 Å². The molecule has 1 heterocycles. The van der Waals surface area contributed by atoms with E-state index in [0.29, 0.717) is 30.7 Å². The van der Waals surface area contributed by atoms with Gasteiger partial charge in [-0.3, -0.25) is 19.8 Å². The van der Waals surface area contributed by atoms with E-state index in [1.165, 1.54) is 0 Å². The van der Waals surface area contributed by atoms with Crippen LogP contribution in [0.15, 0.2) is 22.7 Å². The summed E-state index contributed by atoms with van der Waals surface area (Å²) in [5, 5.41) is 13.8. The first-order valence-corrected chi connectivity index (χ1v) is 8.43. The molecule has 0 aromatic heterocycles. The molecule has 0 bridgehead atoms. The van der Waals surface area contributed by atoms with Gasteiger partial charge in [0.05, 0.1) is 15.3 Å². The molecule has 0 aliphatic carbocycles. The van der Waals surface area contributed by atoms with Gasteiger partial charge in [-0.05, 0) is 46.9 Å². The summed E-state index contributed by atoms with van der Waals surface area (Å²) in [6.07, 6.45) is 1.81. The molecule has 0 saturated carbocycles. The lowest BCUT2D eigenvalue weighted by molar-refractivity contribution is -0.385. The zero-order valence-corrected chi connectivity index (χ0v) is 15.6. The van der Waals surface area contributed by atoms with Gasteiger partial charge in [0.25, 0.3) is 5.69 Å². The van der Waals surface area contributed by atoms with E-state index in [-0.39, 0.29) is 29.9 Å². The Morgan fingerprint density at radius 1 is 1.50 bits per heavy atom. The fraction of sp³-hybridized carbons (Fsp3) is 0.533. The predicted molar refractivity (Wildman–Crippen MR) is 98.1 cm³/mol. The van der Waals surface area contributed by atoms with E-state index in [0.717, 1.165) is 24.9 Å². The zero-order chi connectivity index (χ0) is 16.8. The molecular weight excluding hydrogens is 400 g/mol. The molecule has 1 unspecified atom stereocenters. The second kappa shape index (κ2) is 9.93. The Morgan fingerprint density at radius 2 is 2.25 bits per heavy atom. The number of rotatable bonds is 6. The van der Waals surface area contributed by atoms with Crippen molar-refractivity contribution in [3.05, 3.63) is 38.3 Å². The van der Waals surface area contributed by atoms with Gasteiger partial charge in [0.15, 0.2) is 0 Å². The molecule has 134 valence electrons. The maximum Gasteiger partial charge on any atom is 0.283 e. The Hall–Kier alpha value is -1.22. The highest BCUT2D eigenvalue weighted by Gasteiger charge is 2.25. The van der Waals surface area contributed by atoms with Gasteiger partial charge in [0.1, 0.15) is 0 Å². The molecule has 1 aliphatic rings. The summed E-state index contributed by atoms with van der Waals surface area (Å²) in [5.74, 6) is 0.00247. The Balaban J connectivity index is 0.00000288. The van der Waals surface area contributed by atoms with Crippen LogP contribution in [0, 0.1) is 16.0 Å². The van der Waals surface area contributed by atoms with Gasteiger partial charge in [-0.15, -0.1) is 12.4 Å². The van der Waals surface area contributed by atoms with Crippen molar-refractivity contribution >= 4 is 39.9 Å². The number of nitro benzene ring substituents is 1. The standard InChI is InChI=1S/C15H21BrN4O3.ClH/c16-13-4-3-11(8-14(13)20(22)23)9-19-7-1-2-12(10-19)15(21)18-6-5-17;/h3-4,8,12H,1-2,5-7,9-10,17H2,(H,18,21);1H. The smallest absolute Gasteiger partial charge is 0.283 e. The van der Waals surface area contributed by atoms with Gasteiger partial charge in [-0.1, -0.05) is 6.07 Å². The molecule has 0 radical (unpaired) electrons. The predicted octanol–water partition coefficient (Wildman–Crippen LogP) is 2.07. The molecule has 1 amide bonds. The lowest BCUT2D eigenvalue weighted by atomic mass is 9.96. The normalized spacial score (nSPS) is 17.8. The Labute approximate surface area is 155 Å². The van der Waals surface area contributed by atoms with Crippen molar-refractivity contribution in [2.75, 3.05) is 26.2 Å². The molecule has 1 saturated heterocycles. The van der Waals surface area contributed by atoms with Crippen LogP contribution in [0.2, 0.25) is 0 Å². The second-order valence-corrected chi connectivity index (χ2v) is 6.55. The Kier molecular flexibility index (Phi) is 8.61. The molecule has 9 heteroatoms. The average molecular weight is 422 g/mol. The van der Waals surface area contributed by atoms with Crippen LogP contribution in [0.5, 0.6) is 0 Å². The first-order valence-electron chi connectivity index (χ1n) is 7.64. The molecule has 0 spiro atoms. The number of nitro groups is 1. The maximum atomic E-state index is 12.1. The van der Waals surface area contributed by atoms with E-state index in [1.54, 1.807) is 12.1 Å². The molecule has 7 nitrogen and oxygen atoms in total. The number of nitrogens with zero attached hydrogens (tertiary/aromatic N) is 2. The Morgan fingerprint density at radius 3 is 2.92 bits per heavy atom. The van der Waals surface area contributed by atoms with Crippen LogP contribution in [0.3, 0.4) is 0 Å². The number of amides is 1. The highest BCUT2D eigenvalue weighted by Crippen LogP contribution is 2.27. The number of benzene rings is 1. The highest BCUT2D eigenvalue weighted by molar-refractivity contribution is 9.10. The fourth-order valence-electron chi connectivity index (χ4n) is 2.81. The molecule has 1 aromatic rings. The van der Waals surface area contributed by atoms with Gasteiger partial charge in [0.2, 0.25) is 5.91 Å². The fourth-order valence-corrected chi connectivity index (χ4v) is 3.20. The van der Waals surface area contributed by atoms with Gasteiger partial charge in [-0.25, -0.2) is 0 Å². The minimum absolute atomic E-state index is 0. The molecular formula is C15H22BrClN4O3. The number of nitrogens with two attached hydrogens (primary N) is 1. The maximum absolute atomic E-state index is 12.1. The van der Waals surface area contributed by atoms with E-state index in [2.05, 4.69) is 26.1 Å². The van der Waals surface area contributed by atoms with Crippen LogP contribution < -0.4 is 11.1 Å². The molecule has 1 atom stereocenters. The van der Waals surface area contributed by atoms with Gasteiger partial charge < -0.3 is 11.1 Å². The highest BCUT2D eigenvalue weighted by atomic mass is 79.9. The lowest BCUT2D eigenvalue weighted by Gasteiger charge is -2.32. The van der Waals surface area contributed by atoms with E-state index >= 15 is 0 Å². The van der Waals surface area contributed by atoms with Crippen molar-refractivity contribution in [1.29, 1.82) is 0 Å². The number of halogens is 2. The summed E-state index contributed by atoms with van der Waals surface area (Å²) in [4.78, 5) is 24.8. The third-order valence-corrected chi connectivity index (χ3v) is 4.60. The second-order valence-electron chi connectivity index (χ2n) is 5.70. The minimum atomic E-state index is -0.396. The molecule has 1 fully saturated rings. The van der Waals surface area contributed by atoms with Crippen molar-refractivity contribution in [3.8, 4) is 0 Å². The van der Waals surface area contributed by atoms with Crippen molar-refractivity contribution in [2.45, 2.75) is 19.4 Å². The monoisotopic (exact) mass is 420 g/mol. The summed E-state index contributed by atoms with van der Waals surface area (Å²) in [7, 11) is 0. The summed E-state index contributed by atoms with van der Waals surface area (Å²) in [6, 6.07) is 5.15. The summed E-state index contributed by atoms with van der Waals surface area (Å²) < 4.78 is 0.476. The first-order chi connectivity index (χ1) is 11.0. The van der Waals surface area contributed by atoms with E-state index in [9.17, 15) is 14.9 Å². The topological polar surface area (TPSA) is 102 Å². The molecule has 2 rings (SSSR count). The van der Waals surface area contributed by atoms with Gasteiger partial charge in [-0.2, -0.15) is 0 Å². The summed E-state index contributed by atoms with van der Waals surface area (Å²) >= 11 is 3.19. The summed E-state index contributed by atoms with van der Waals surface area (Å²) in [6.45, 7) is 3.10. The minimum Gasteiger partial charge on any atom is -0.355 e. The van der Waals surface area contributed by atoms with Crippen LogP contribution in [0.1, 0.15) is 18.4 Å². The van der Waals surface area contributed by atoms with E-state index in [1.807, 2.05) is 6.07 Å². The van der Waals surface area contributed by atoms with Crippen LogP contribution in [-0.4, -0.2) is 41.9 Å².